The fourth-order valence-corrected chi connectivity index (χ4v) is 2.90. The minimum absolute atomic E-state index is 0.106. The molecule has 0 heterocycles. The van der Waals surface area contributed by atoms with Crippen LogP contribution in [-0.2, 0) is 4.79 Å². The van der Waals surface area contributed by atoms with Crippen LogP contribution in [0.15, 0.2) is 12.1 Å². The van der Waals surface area contributed by atoms with E-state index in [2.05, 4.69) is 0 Å². The summed E-state index contributed by atoms with van der Waals surface area (Å²) in [5.41, 5.74) is -0.0399. The van der Waals surface area contributed by atoms with Gasteiger partial charge < -0.3 is 5.11 Å². The zero-order valence-electron chi connectivity index (χ0n) is 11.3. The molecular weight excluding hydrogens is 266 g/mol. The number of halogens is 2. The van der Waals surface area contributed by atoms with Gasteiger partial charge in [-0.25, -0.2) is 8.78 Å². The standard InChI is InChI=1S/C15H16F2O3/c1-7-3-9(10(4-7)15(19)20)14(18)11-5-8(2)12(16)6-13(11)17/h5-7,9-10H,3-4H2,1-2H3,(H,19,20). The Balaban J connectivity index is 2.36. The molecule has 5 heteroatoms. The molecule has 1 fully saturated rings. The van der Waals surface area contributed by atoms with Gasteiger partial charge in [-0.15, -0.1) is 0 Å². The molecule has 2 rings (SSSR count). The SMILES string of the molecule is Cc1cc(C(=O)C2CC(C)CC2C(=O)O)c(F)cc1F. The van der Waals surface area contributed by atoms with Crippen LogP contribution in [0.1, 0.15) is 35.7 Å². The molecule has 108 valence electrons. The van der Waals surface area contributed by atoms with Gasteiger partial charge in [-0.2, -0.15) is 0 Å². The van der Waals surface area contributed by atoms with Crippen molar-refractivity contribution in [2.75, 3.05) is 0 Å². The third-order valence-electron chi connectivity index (χ3n) is 3.97. The average Bonchev–Trinajstić information content (AvgIpc) is 2.75. The first-order valence-corrected chi connectivity index (χ1v) is 6.54. The van der Waals surface area contributed by atoms with Crippen molar-refractivity contribution in [2.24, 2.45) is 17.8 Å². The summed E-state index contributed by atoms with van der Waals surface area (Å²) in [5.74, 6) is -4.64. The smallest absolute Gasteiger partial charge is 0.307 e. The minimum atomic E-state index is -1.04. The molecule has 1 aliphatic rings. The van der Waals surface area contributed by atoms with Gasteiger partial charge >= 0.3 is 5.97 Å². The highest BCUT2D eigenvalue weighted by Crippen LogP contribution is 2.38. The highest BCUT2D eigenvalue weighted by Gasteiger charge is 2.42. The second-order valence-corrected chi connectivity index (χ2v) is 5.57. The van der Waals surface area contributed by atoms with Crippen molar-refractivity contribution in [1.29, 1.82) is 0 Å². The van der Waals surface area contributed by atoms with E-state index >= 15 is 0 Å². The highest BCUT2D eigenvalue weighted by atomic mass is 19.1. The maximum atomic E-state index is 13.8. The number of aliphatic carboxylic acids is 1. The van der Waals surface area contributed by atoms with E-state index in [0.29, 0.717) is 18.9 Å². The number of carbonyl (C=O) groups excluding carboxylic acids is 1. The summed E-state index contributed by atoms with van der Waals surface area (Å²) in [6.07, 6.45) is 0.833. The number of carboxylic acid groups (broad SMARTS) is 1. The summed E-state index contributed by atoms with van der Waals surface area (Å²) in [7, 11) is 0. The lowest BCUT2D eigenvalue weighted by molar-refractivity contribution is -0.142. The molecule has 0 bridgehead atoms. The van der Waals surface area contributed by atoms with Crippen molar-refractivity contribution < 1.29 is 23.5 Å². The number of hydrogen-bond acceptors (Lipinski definition) is 2. The zero-order valence-corrected chi connectivity index (χ0v) is 11.3. The number of rotatable bonds is 3. The van der Waals surface area contributed by atoms with E-state index in [-0.39, 0.29) is 17.0 Å². The van der Waals surface area contributed by atoms with Crippen molar-refractivity contribution in [3.8, 4) is 0 Å². The molecule has 1 N–H and O–H groups in total. The van der Waals surface area contributed by atoms with Crippen LogP contribution in [0.3, 0.4) is 0 Å². The van der Waals surface area contributed by atoms with Crippen molar-refractivity contribution in [2.45, 2.75) is 26.7 Å². The van der Waals surface area contributed by atoms with Gasteiger partial charge in [0.25, 0.3) is 0 Å². The van der Waals surface area contributed by atoms with E-state index in [4.69, 9.17) is 5.11 Å². The Hall–Kier alpha value is -1.78. The second-order valence-electron chi connectivity index (χ2n) is 5.57. The lowest BCUT2D eigenvalue weighted by atomic mass is 9.87. The Labute approximate surface area is 115 Å². The molecule has 0 aliphatic heterocycles. The quantitative estimate of drug-likeness (QED) is 0.866. The average molecular weight is 282 g/mol. The number of ketones is 1. The Kier molecular flexibility index (Phi) is 3.88. The monoisotopic (exact) mass is 282 g/mol. The minimum Gasteiger partial charge on any atom is -0.481 e. The van der Waals surface area contributed by atoms with E-state index in [0.717, 1.165) is 6.07 Å². The molecule has 0 radical (unpaired) electrons. The lowest BCUT2D eigenvalue weighted by Crippen LogP contribution is -2.26. The first-order chi connectivity index (χ1) is 9.31. The van der Waals surface area contributed by atoms with Gasteiger partial charge in [-0.1, -0.05) is 6.92 Å². The highest BCUT2D eigenvalue weighted by molar-refractivity contribution is 6.00. The maximum absolute atomic E-state index is 13.8. The number of benzene rings is 1. The molecule has 1 aliphatic carbocycles. The molecule has 0 saturated heterocycles. The Morgan fingerprint density at radius 1 is 1.15 bits per heavy atom. The molecular formula is C15H16F2O3. The number of hydrogen-bond donors (Lipinski definition) is 1. The van der Waals surface area contributed by atoms with E-state index in [1.807, 2.05) is 6.92 Å². The van der Waals surface area contributed by atoms with Gasteiger partial charge in [-0.05, 0) is 37.3 Å². The normalized spacial score (nSPS) is 25.7. The fourth-order valence-electron chi connectivity index (χ4n) is 2.90. The van der Waals surface area contributed by atoms with E-state index in [1.54, 1.807) is 0 Å². The summed E-state index contributed by atoms with van der Waals surface area (Å²) in [5, 5.41) is 9.16. The molecule has 0 spiro atoms. The van der Waals surface area contributed by atoms with Crippen molar-refractivity contribution in [1.82, 2.24) is 0 Å². The summed E-state index contributed by atoms with van der Waals surface area (Å²) in [6.45, 7) is 3.31. The Morgan fingerprint density at radius 2 is 1.75 bits per heavy atom. The first kappa shape index (κ1) is 14.6. The van der Waals surface area contributed by atoms with Crippen LogP contribution in [0.25, 0.3) is 0 Å². The molecule has 1 aromatic carbocycles. The van der Waals surface area contributed by atoms with Crippen LogP contribution in [0.2, 0.25) is 0 Å². The van der Waals surface area contributed by atoms with E-state index in [9.17, 15) is 18.4 Å². The molecule has 3 unspecified atom stereocenters. The fraction of sp³-hybridized carbons (Fsp3) is 0.467. The van der Waals surface area contributed by atoms with Gasteiger partial charge in [0.15, 0.2) is 5.78 Å². The van der Waals surface area contributed by atoms with Crippen LogP contribution in [0, 0.1) is 36.3 Å². The number of aryl methyl sites for hydroxylation is 1. The van der Waals surface area contributed by atoms with E-state index in [1.165, 1.54) is 6.92 Å². The van der Waals surface area contributed by atoms with Crippen LogP contribution >= 0.6 is 0 Å². The predicted octanol–water partition coefficient (Wildman–Crippen LogP) is 3.20. The zero-order chi connectivity index (χ0) is 15.0. The summed E-state index contributed by atoms with van der Waals surface area (Å²) < 4.78 is 27.0. The van der Waals surface area contributed by atoms with Gasteiger partial charge in [0, 0.05) is 12.0 Å². The van der Waals surface area contributed by atoms with Gasteiger partial charge in [0.2, 0.25) is 0 Å². The van der Waals surface area contributed by atoms with Crippen molar-refractivity contribution >= 4 is 11.8 Å². The maximum Gasteiger partial charge on any atom is 0.307 e. The number of carbonyl (C=O) groups is 2. The summed E-state index contributed by atoms with van der Waals surface area (Å²) in [6, 6.07) is 1.84. The van der Waals surface area contributed by atoms with Crippen LogP contribution in [-0.4, -0.2) is 16.9 Å². The number of Topliss-reactive ketones (excluding diaryl/α,β-unsaturated/α-hetero) is 1. The Bertz CT molecular complexity index is 568. The summed E-state index contributed by atoms with van der Waals surface area (Å²) >= 11 is 0. The Morgan fingerprint density at radius 3 is 2.35 bits per heavy atom. The van der Waals surface area contributed by atoms with Gasteiger partial charge in [0.1, 0.15) is 11.6 Å². The molecule has 20 heavy (non-hydrogen) atoms. The van der Waals surface area contributed by atoms with Crippen molar-refractivity contribution in [3.05, 3.63) is 34.9 Å². The van der Waals surface area contributed by atoms with Gasteiger partial charge in [0.05, 0.1) is 11.5 Å². The second kappa shape index (κ2) is 5.31. The topological polar surface area (TPSA) is 54.4 Å². The molecule has 0 aromatic heterocycles. The van der Waals surface area contributed by atoms with Crippen LogP contribution < -0.4 is 0 Å². The van der Waals surface area contributed by atoms with E-state index < -0.39 is 35.2 Å². The van der Waals surface area contributed by atoms with Crippen molar-refractivity contribution in [3.63, 3.8) is 0 Å². The molecule has 3 nitrogen and oxygen atoms in total. The molecule has 1 aromatic rings. The summed E-state index contributed by atoms with van der Waals surface area (Å²) in [4.78, 5) is 23.6. The van der Waals surface area contributed by atoms with Crippen LogP contribution in [0.4, 0.5) is 8.78 Å². The molecule has 1 saturated carbocycles. The molecule has 3 atom stereocenters. The predicted molar refractivity (Wildman–Crippen MR) is 68.4 cm³/mol. The first-order valence-electron chi connectivity index (χ1n) is 6.54. The molecule has 0 amide bonds. The van der Waals surface area contributed by atoms with Gasteiger partial charge in [-0.3, -0.25) is 9.59 Å². The van der Waals surface area contributed by atoms with Crippen LogP contribution in [0.5, 0.6) is 0 Å². The third-order valence-corrected chi connectivity index (χ3v) is 3.97. The third kappa shape index (κ3) is 2.57. The lowest BCUT2D eigenvalue weighted by Gasteiger charge is -2.15. The number of carboxylic acids is 1. The largest absolute Gasteiger partial charge is 0.481 e.